The number of ether oxygens (including phenoxy) is 1. The minimum Gasteiger partial charge on any atom is -0.476 e. The van der Waals surface area contributed by atoms with Crippen LogP contribution in [0, 0.1) is 0 Å². The molecule has 1 aromatic heterocycles. The van der Waals surface area contributed by atoms with E-state index in [2.05, 4.69) is 16.2 Å². The number of anilines is 2. The number of nitrogen functional groups attached to an aromatic ring is 1. The number of nitrogens with zero attached hydrogens (tertiary/aromatic N) is 3. The van der Waals surface area contributed by atoms with E-state index >= 15 is 0 Å². The van der Waals surface area contributed by atoms with E-state index in [4.69, 9.17) is 10.5 Å². The van der Waals surface area contributed by atoms with Crippen molar-refractivity contribution in [2.75, 3.05) is 42.8 Å². The maximum absolute atomic E-state index is 5.94. The van der Waals surface area contributed by atoms with Gasteiger partial charge in [0.15, 0.2) is 5.82 Å². The Balaban J connectivity index is 2.82. The minimum atomic E-state index is 0.462. The fourth-order valence-corrected chi connectivity index (χ4v) is 1.72. The fraction of sp³-hybridized carbons (Fsp3) is 0.600. The standard InChI is InChI=1S/C10H18N4OS/c1-4-15-10-8(11)9(12-7-13-10)14(2)5-6-16-3/h7H,4-6,11H2,1-3H3. The van der Waals surface area contributed by atoms with Crippen molar-refractivity contribution >= 4 is 23.3 Å². The molecule has 0 aliphatic carbocycles. The van der Waals surface area contributed by atoms with E-state index in [1.165, 1.54) is 6.33 Å². The van der Waals surface area contributed by atoms with Crippen LogP contribution < -0.4 is 15.4 Å². The Kier molecular flexibility index (Phi) is 5.18. The van der Waals surface area contributed by atoms with Gasteiger partial charge in [-0.2, -0.15) is 16.7 Å². The minimum absolute atomic E-state index is 0.462. The normalized spacial score (nSPS) is 10.2. The van der Waals surface area contributed by atoms with E-state index in [-0.39, 0.29) is 0 Å². The molecule has 0 radical (unpaired) electrons. The number of thioether (sulfide) groups is 1. The van der Waals surface area contributed by atoms with Gasteiger partial charge in [-0.25, -0.2) is 4.98 Å². The lowest BCUT2D eigenvalue weighted by Gasteiger charge is -2.19. The third-order valence-corrected chi connectivity index (χ3v) is 2.69. The Hall–Kier alpha value is -1.17. The van der Waals surface area contributed by atoms with Crippen LogP contribution in [-0.2, 0) is 0 Å². The number of nitrogens with two attached hydrogens (primary N) is 1. The van der Waals surface area contributed by atoms with Crippen LogP contribution in [-0.4, -0.2) is 42.2 Å². The highest BCUT2D eigenvalue weighted by Crippen LogP contribution is 2.26. The largest absolute Gasteiger partial charge is 0.476 e. The van der Waals surface area contributed by atoms with Crippen molar-refractivity contribution in [3.8, 4) is 5.88 Å². The number of rotatable bonds is 6. The first-order valence-corrected chi connectivity index (χ1v) is 6.53. The van der Waals surface area contributed by atoms with E-state index in [1.54, 1.807) is 11.8 Å². The van der Waals surface area contributed by atoms with Gasteiger partial charge in [-0.1, -0.05) is 0 Å². The molecule has 16 heavy (non-hydrogen) atoms. The van der Waals surface area contributed by atoms with E-state index in [1.807, 2.05) is 18.9 Å². The van der Waals surface area contributed by atoms with Crippen LogP contribution >= 0.6 is 11.8 Å². The molecular weight excluding hydrogens is 224 g/mol. The molecule has 0 amide bonds. The smallest absolute Gasteiger partial charge is 0.242 e. The lowest BCUT2D eigenvalue weighted by Crippen LogP contribution is -2.23. The molecule has 0 fully saturated rings. The summed E-state index contributed by atoms with van der Waals surface area (Å²) in [6, 6.07) is 0. The zero-order chi connectivity index (χ0) is 12.0. The van der Waals surface area contributed by atoms with Crippen molar-refractivity contribution < 1.29 is 4.74 Å². The Morgan fingerprint density at radius 1 is 1.50 bits per heavy atom. The van der Waals surface area contributed by atoms with Crippen molar-refractivity contribution in [3.05, 3.63) is 6.33 Å². The van der Waals surface area contributed by atoms with E-state index in [0.717, 1.165) is 18.1 Å². The maximum Gasteiger partial charge on any atom is 0.242 e. The summed E-state index contributed by atoms with van der Waals surface area (Å²) in [6.45, 7) is 3.35. The molecule has 0 saturated carbocycles. The van der Waals surface area contributed by atoms with Crippen LogP contribution in [0.1, 0.15) is 6.92 Å². The average Bonchev–Trinajstić information content (AvgIpc) is 2.29. The maximum atomic E-state index is 5.94. The number of aromatic nitrogens is 2. The fourth-order valence-electron chi connectivity index (χ4n) is 1.26. The number of hydrogen-bond acceptors (Lipinski definition) is 6. The third-order valence-electron chi connectivity index (χ3n) is 2.10. The molecule has 0 aliphatic heterocycles. The molecule has 1 aromatic rings. The van der Waals surface area contributed by atoms with Crippen molar-refractivity contribution in [1.82, 2.24) is 9.97 Å². The molecule has 90 valence electrons. The van der Waals surface area contributed by atoms with Gasteiger partial charge in [0.05, 0.1) is 6.61 Å². The SMILES string of the molecule is CCOc1ncnc(N(C)CCSC)c1N. The van der Waals surface area contributed by atoms with Crippen LogP contribution in [0.4, 0.5) is 11.5 Å². The molecule has 5 nitrogen and oxygen atoms in total. The molecule has 0 spiro atoms. The summed E-state index contributed by atoms with van der Waals surface area (Å²) in [5, 5.41) is 0. The topological polar surface area (TPSA) is 64.3 Å². The average molecular weight is 242 g/mol. The summed E-state index contributed by atoms with van der Waals surface area (Å²) in [5.41, 5.74) is 6.45. The quantitative estimate of drug-likeness (QED) is 0.810. The first kappa shape index (κ1) is 12.9. The highest BCUT2D eigenvalue weighted by atomic mass is 32.2. The molecule has 2 N–H and O–H groups in total. The predicted octanol–water partition coefficient (Wildman–Crippen LogP) is 1.26. The van der Waals surface area contributed by atoms with Crippen molar-refractivity contribution in [1.29, 1.82) is 0 Å². The molecule has 0 aromatic carbocycles. The van der Waals surface area contributed by atoms with Crippen LogP contribution in [0.3, 0.4) is 0 Å². The van der Waals surface area contributed by atoms with Crippen LogP contribution in [0.2, 0.25) is 0 Å². The Morgan fingerprint density at radius 3 is 2.88 bits per heavy atom. The van der Waals surface area contributed by atoms with Crippen LogP contribution in [0.25, 0.3) is 0 Å². The highest BCUT2D eigenvalue weighted by Gasteiger charge is 2.12. The van der Waals surface area contributed by atoms with Crippen molar-refractivity contribution in [2.45, 2.75) is 6.92 Å². The summed E-state index contributed by atoms with van der Waals surface area (Å²) < 4.78 is 5.32. The summed E-state index contributed by atoms with van der Waals surface area (Å²) in [6.07, 6.45) is 3.55. The Morgan fingerprint density at radius 2 is 2.25 bits per heavy atom. The molecular formula is C10H18N4OS. The summed E-state index contributed by atoms with van der Waals surface area (Å²) >= 11 is 1.79. The van der Waals surface area contributed by atoms with Gasteiger partial charge in [0, 0.05) is 19.3 Å². The molecule has 0 saturated heterocycles. The second kappa shape index (κ2) is 6.42. The van der Waals surface area contributed by atoms with E-state index in [0.29, 0.717) is 18.2 Å². The van der Waals surface area contributed by atoms with Crippen molar-refractivity contribution in [2.24, 2.45) is 0 Å². The number of hydrogen-bond donors (Lipinski definition) is 1. The van der Waals surface area contributed by atoms with Crippen LogP contribution in [0.5, 0.6) is 5.88 Å². The first-order chi connectivity index (χ1) is 7.70. The van der Waals surface area contributed by atoms with Crippen LogP contribution in [0.15, 0.2) is 6.33 Å². The van der Waals surface area contributed by atoms with Gasteiger partial charge in [-0.3, -0.25) is 0 Å². The highest BCUT2D eigenvalue weighted by molar-refractivity contribution is 7.98. The van der Waals surface area contributed by atoms with Gasteiger partial charge in [0.25, 0.3) is 0 Å². The molecule has 6 heteroatoms. The van der Waals surface area contributed by atoms with Crippen molar-refractivity contribution in [3.63, 3.8) is 0 Å². The van der Waals surface area contributed by atoms with Gasteiger partial charge in [-0.05, 0) is 13.2 Å². The zero-order valence-corrected chi connectivity index (χ0v) is 10.8. The summed E-state index contributed by atoms with van der Waals surface area (Å²) in [4.78, 5) is 10.2. The molecule has 0 atom stereocenters. The Labute approximate surface area is 100 Å². The first-order valence-electron chi connectivity index (χ1n) is 5.14. The van der Waals surface area contributed by atoms with Gasteiger partial charge < -0.3 is 15.4 Å². The summed E-state index contributed by atoms with van der Waals surface area (Å²) in [7, 11) is 1.96. The molecule has 0 bridgehead atoms. The Bertz CT molecular complexity index is 335. The van der Waals surface area contributed by atoms with Gasteiger partial charge in [0.1, 0.15) is 12.0 Å². The van der Waals surface area contributed by atoms with E-state index in [9.17, 15) is 0 Å². The van der Waals surface area contributed by atoms with Gasteiger partial charge >= 0.3 is 0 Å². The molecule has 1 rings (SSSR count). The lowest BCUT2D eigenvalue weighted by atomic mass is 10.4. The van der Waals surface area contributed by atoms with E-state index < -0.39 is 0 Å². The lowest BCUT2D eigenvalue weighted by molar-refractivity contribution is 0.328. The zero-order valence-electron chi connectivity index (χ0n) is 9.93. The molecule has 0 aliphatic rings. The molecule has 1 heterocycles. The monoisotopic (exact) mass is 242 g/mol. The van der Waals surface area contributed by atoms with Gasteiger partial charge in [0.2, 0.25) is 5.88 Å². The second-order valence-corrected chi connectivity index (χ2v) is 4.25. The molecule has 0 unspecified atom stereocenters. The second-order valence-electron chi connectivity index (χ2n) is 3.26. The summed E-state index contributed by atoms with van der Waals surface area (Å²) in [5.74, 6) is 2.22. The third kappa shape index (κ3) is 3.16. The van der Waals surface area contributed by atoms with Gasteiger partial charge in [-0.15, -0.1) is 0 Å². The predicted molar refractivity (Wildman–Crippen MR) is 69.3 cm³/mol.